The molecule has 2 aromatic heterocycles. The van der Waals surface area contributed by atoms with E-state index in [1.807, 2.05) is 52.1 Å². The minimum Gasteiger partial charge on any atom is -0.512 e. The first-order chi connectivity index (χ1) is 19.7. The number of nitrogens with zero attached hydrogens (tertiary/aromatic N) is 1. The summed E-state index contributed by atoms with van der Waals surface area (Å²) in [7, 11) is 0. The van der Waals surface area contributed by atoms with Crippen molar-refractivity contribution in [3.05, 3.63) is 89.8 Å². The number of carbonyl (C=O) groups is 1. The maximum atomic E-state index is 11.7. The predicted molar refractivity (Wildman–Crippen MR) is 172 cm³/mol. The van der Waals surface area contributed by atoms with Crippen molar-refractivity contribution in [2.75, 3.05) is 0 Å². The van der Waals surface area contributed by atoms with E-state index in [0.29, 0.717) is 6.04 Å². The van der Waals surface area contributed by atoms with Gasteiger partial charge in [-0.15, -0.1) is 46.2 Å². The molecule has 5 aromatic rings. The fourth-order valence-corrected chi connectivity index (χ4v) is 6.48. The van der Waals surface area contributed by atoms with E-state index < -0.39 is 0 Å². The van der Waals surface area contributed by atoms with Crippen molar-refractivity contribution in [1.29, 1.82) is 0 Å². The second kappa shape index (κ2) is 14.9. The van der Waals surface area contributed by atoms with Gasteiger partial charge in [-0.05, 0) is 60.0 Å². The van der Waals surface area contributed by atoms with E-state index in [2.05, 4.69) is 55.2 Å². The van der Waals surface area contributed by atoms with Crippen LogP contribution in [-0.4, -0.2) is 15.9 Å². The SMILES string of the molecule is CCC(CC)C(=O)/C=C(\O)C(CC)CC.[2H]c1c2ccccc2cc2c1sc1c(-c3[c-]c(C)cc(C)c3)nccc12.[Ir]. The number of benzene rings is 3. The summed E-state index contributed by atoms with van der Waals surface area (Å²) in [6, 6.07) is 20.7. The van der Waals surface area contributed by atoms with Crippen LogP contribution in [0.1, 0.15) is 65.9 Å². The van der Waals surface area contributed by atoms with Gasteiger partial charge in [0.1, 0.15) is 0 Å². The van der Waals surface area contributed by atoms with Gasteiger partial charge < -0.3 is 10.1 Å². The van der Waals surface area contributed by atoms with E-state index in [1.165, 1.54) is 17.0 Å². The van der Waals surface area contributed by atoms with Crippen molar-refractivity contribution in [1.82, 2.24) is 4.98 Å². The van der Waals surface area contributed by atoms with Gasteiger partial charge in [-0.2, -0.15) is 0 Å². The zero-order chi connectivity index (χ0) is 29.7. The van der Waals surface area contributed by atoms with Crippen molar-refractivity contribution in [3.8, 4) is 11.3 Å². The molecule has 0 unspecified atom stereocenters. The van der Waals surface area contributed by atoms with Gasteiger partial charge in [0.15, 0.2) is 5.78 Å². The Bertz CT molecular complexity index is 1700. The summed E-state index contributed by atoms with van der Waals surface area (Å²) in [4.78, 5) is 16.4. The first-order valence-corrected chi connectivity index (χ1v) is 15.2. The van der Waals surface area contributed by atoms with Gasteiger partial charge in [0.05, 0.1) is 7.13 Å². The Kier molecular flexibility index (Phi) is 11.3. The molecule has 0 aliphatic rings. The number of aromatic nitrogens is 1. The summed E-state index contributed by atoms with van der Waals surface area (Å²) >= 11 is 1.67. The van der Waals surface area contributed by atoms with Gasteiger partial charge in [-0.1, -0.05) is 65.8 Å². The number of aryl methyl sites for hydroxylation is 2. The Hall–Kier alpha value is -2.85. The van der Waals surface area contributed by atoms with E-state index in [9.17, 15) is 9.90 Å². The first kappa shape index (κ1) is 31.1. The number of rotatable bonds is 8. The summed E-state index contributed by atoms with van der Waals surface area (Å²) < 4.78 is 10.8. The van der Waals surface area contributed by atoms with Gasteiger partial charge in [0.2, 0.25) is 0 Å². The summed E-state index contributed by atoms with van der Waals surface area (Å²) in [5.41, 5.74) is 4.31. The monoisotopic (exact) mass is 744 g/mol. The number of ketones is 1. The summed E-state index contributed by atoms with van der Waals surface area (Å²) in [5.74, 6) is 0.547. The number of pyridine rings is 1. The molecule has 0 aliphatic carbocycles. The smallest absolute Gasteiger partial charge is 0.162 e. The van der Waals surface area contributed by atoms with E-state index in [1.54, 1.807) is 11.3 Å². The van der Waals surface area contributed by atoms with Gasteiger partial charge in [0.25, 0.3) is 0 Å². The number of allylic oxidation sites excluding steroid dienone is 2. The van der Waals surface area contributed by atoms with Crippen molar-refractivity contribution < 1.29 is 31.4 Å². The number of fused-ring (bicyclic) bond motifs is 4. The molecule has 0 amide bonds. The van der Waals surface area contributed by atoms with Gasteiger partial charge >= 0.3 is 0 Å². The van der Waals surface area contributed by atoms with E-state index in [-0.39, 0.29) is 43.5 Å². The Labute approximate surface area is 263 Å². The third-order valence-electron chi connectivity index (χ3n) is 7.64. The van der Waals surface area contributed by atoms with Crippen molar-refractivity contribution in [2.45, 2.75) is 67.2 Å². The van der Waals surface area contributed by atoms with Gasteiger partial charge in [0, 0.05) is 64.7 Å². The molecule has 5 heteroatoms. The van der Waals surface area contributed by atoms with Crippen molar-refractivity contribution in [3.63, 3.8) is 0 Å². The van der Waals surface area contributed by atoms with Crippen LogP contribution in [0.4, 0.5) is 0 Å². The van der Waals surface area contributed by atoms with Crippen LogP contribution >= 0.6 is 11.3 Å². The zero-order valence-electron chi connectivity index (χ0n) is 25.8. The molecule has 3 nitrogen and oxygen atoms in total. The van der Waals surface area contributed by atoms with Gasteiger partial charge in [-0.3, -0.25) is 4.79 Å². The number of hydrogen-bond acceptors (Lipinski definition) is 4. The summed E-state index contributed by atoms with van der Waals surface area (Å²) in [5, 5.41) is 14.2. The molecule has 217 valence electrons. The minimum atomic E-state index is 0. The average molecular weight is 744 g/mol. The molecule has 1 radical (unpaired) electrons. The average Bonchev–Trinajstić information content (AvgIpc) is 3.33. The van der Waals surface area contributed by atoms with Crippen LogP contribution in [0.3, 0.4) is 0 Å². The van der Waals surface area contributed by atoms with Crippen LogP contribution < -0.4 is 0 Å². The topological polar surface area (TPSA) is 50.2 Å². The van der Waals surface area contributed by atoms with Crippen molar-refractivity contribution >= 4 is 48.1 Å². The largest absolute Gasteiger partial charge is 0.512 e. The van der Waals surface area contributed by atoms with Crippen LogP contribution in [0.15, 0.2) is 72.6 Å². The summed E-state index contributed by atoms with van der Waals surface area (Å²) in [6.45, 7) is 12.2. The maximum absolute atomic E-state index is 11.7. The van der Waals surface area contributed by atoms with Crippen LogP contribution in [-0.2, 0) is 24.9 Å². The Morgan fingerprint density at radius 1 is 0.976 bits per heavy atom. The molecule has 0 fully saturated rings. The molecule has 0 aliphatic heterocycles. The number of thiophene rings is 1. The molecular formula is C36H40IrNO2S-. The molecule has 5 rings (SSSR count). The molecule has 0 saturated heterocycles. The molecule has 1 N–H and O–H groups in total. The van der Waals surface area contributed by atoms with Crippen LogP contribution in [0.25, 0.3) is 42.2 Å². The molecular weight excluding hydrogens is 703 g/mol. The van der Waals surface area contributed by atoms with Crippen LogP contribution in [0.2, 0.25) is 0 Å². The predicted octanol–water partition coefficient (Wildman–Crippen LogP) is 10.6. The standard InChI is InChI=1S/C23H16NS.C13H24O2.Ir/c1-14-9-15(2)11-18(10-14)22-23-19(7-8-24-22)20-12-16-5-3-4-6-17(16)13-21(20)25-23;1-5-10(6-2)12(14)9-13(15)11(7-3)8-4;/h3-10,12-13H,1-2H3;9-11,14H,5-8H2,1-4H3;/q-1;;/b;12-9-;/i13D;;. The van der Waals surface area contributed by atoms with Crippen LogP contribution in [0.5, 0.6) is 0 Å². The molecule has 0 bridgehead atoms. The van der Waals surface area contributed by atoms with Crippen molar-refractivity contribution in [2.24, 2.45) is 11.8 Å². The molecule has 0 atom stereocenters. The number of hydrogen-bond donors (Lipinski definition) is 1. The molecule has 41 heavy (non-hydrogen) atoms. The Morgan fingerprint density at radius 2 is 1.63 bits per heavy atom. The summed E-state index contributed by atoms with van der Waals surface area (Å²) in [6.07, 6.45) is 6.78. The van der Waals surface area contributed by atoms with E-state index in [4.69, 9.17) is 1.37 Å². The number of aliphatic hydroxyl groups is 1. The second-order valence-electron chi connectivity index (χ2n) is 10.5. The third-order valence-corrected chi connectivity index (χ3v) is 8.78. The molecule has 0 saturated carbocycles. The zero-order valence-corrected chi connectivity index (χ0v) is 28.0. The number of carbonyl (C=O) groups excluding carboxylic acids is 1. The third kappa shape index (κ3) is 7.52. The normalized spacial score (nSPS) is 12.0. The minimum absolute atomic E-state index is 0. The Morgan fingerprint density at radius 3 is 2.27 bits per heavy atom. The van der Waals surface area contributed by atoms with Crippen LogP contribution in [0, 0.1) is 31.7 Å². The second-order valence-corrected chi connectivity index (χ2v) is 11.5. The maximum Gasteiger partial charge on any atom is 0.162 e. The van der Waals surface area contributed by atoms with E-state index in [0.717, 1.165) is 68.1 Å². The quantitative estimate of drug-likeness (QED) is 0.0978. The molecule has 3 aromatic carbocycles. The first-order valence-electron chi connectivity index (χ1n) is 14.9. The van der Waals surface area contributed by atoms with E-state index >= 15 is 0 Å². The fraction of sp³-hybridized carbons (Fsp3) is 0.333. The molecule has 2 heterocycles. The number of aliphatic hydroxyl groups excluding tert-OH is 1. The Balaban J connectivity index is 0.000000263. The van der Waals surface area contributed by atoms with Gasteiger partial charge in [-0.25, -0.2) is 0 Å². The molecule has 0 spiro atoms. The fourth-order valence-electron chi connectivity index (χ4n) is 5.29.